The van der Waals surface area contributed by atoms with Crippen LogP contribution in [0, 0.1) is 34.5 Å². The summed E-state index contributed by atoms with van der Waals surface area (Å²) in [4.78, 5) is 23.3. The monoisotopic (exact) mass is 616 g/mol. The first kappa shape index (κ1) is 31.8. The fraction of sp³-hybridized carbons (Fsp3) is 0.840. The SMILES string of the molecule is C[C@]12C=CC(=O)NC1CC[C@@H]1[C@H]2CC[C@]2(C)C(C(=O)N(C(C(F)(F)F)C(F)(F)F)C(C(F)(F)F)C(F)(F)F)CC[C@@H]12. The fourth-order valence-electron chi connectivity index (χ4n) is 8.32. The Morgan fingerprint density at radius 3 is 1.80 bits per heavy atom. The maximum absolute atomic E-state index is 13.6. The number of amides is 2. The Labute approximate surface area is 226 Å². The van der Waals surface area contributed by atoms with E-state index >= 15 is 0 Å². The van der Waals surface area contributed by atoms with E-state index in [1.54, 1.807) is 6.08 Å². The van der Waals surface area contributed by atoms with Crippen molar-refractivity contribution >= 4 is 11.8 Å². The van der Waals surface area contributed by atoms with Gasteiger partial charge in [0, 0.05) is 17.4 Å². The molecular formula is C25H28F12N2O2. The van der Waals surface area contributed by atoms with Gasteiger partial charge in [-0.1, -0.05) is 19.9 Å². The molecule has 3 aliphatic carbocycles. The molecule has 16 heteroatoms. The Kier molecular flexibility index (Phi) is 7.50. The van der Waals surface area contributed by atoms with Crippen molar-refractivity contribution in [3.63, 3.8) is 0 Å². The average molecular weight is 616 g/mol. The van der Waals surface area contributed by atoms with Gasteiger partial charge in [-0.25, -0.2) is 0 Å². The van der Waals surface area contributed by atoms with E-state index in [2.05, 4.69) is 5.32 Å². The van der Waals surface area contributed by atoms with Crippen LogP contribution >= 0.6 is 0 Å². The minimum Gasteiger partial charge on any atom is -0.349 e. The summed E-state index contributed by atoms with van der Waals surface area (Å²) >= 11 is 0. The summed E-state index contributed by atoms with van der Waals surface area (Å²) in [5, 5.41) is 2.87. The molecule has 3 fully saturated rings. The molecule has 0 spiro atoms. The van der Waals surface area contributed by atoms with E-state index in [0.717, 1.165) is 0 Å². The number of fused-ring (bicyclic) bond motifs is 5. The van der Waals surface area contributed by atoms with Gasteiger partial charge in [-0.15, -0.1) is 0 Å². The number of alkyl halides is 12. The van der Waals surface area contributed by atoms with Gasteiger partial charge in [0.2, 0.25) is 23.9 Å². The molecule has 0 aromatic heterocycles. The minimum atomic E-state index is -6.68. The first-order chi connectivity index (χ1) is 18.4. The van der Waals surface area contributed by atoms with Gasteiger partial charge in [-0.2, -0.15) is 52.7 Å². The van der Waals surface area contributed by atoms with E-state index in [1.807, 2.05) is 6.92 Å². The number of nitrogens with one attached hydrogen (secondary N) is 1. The van der Waals surface area contributed by atoms with Crippen molar-refractivity contribution in [3.05, 3.63) is 12.2 Å². The number of nitrogens with zero attached hydrogens (tertiary/aromatic N) is 1. The summed E-state index contributed by atoms with van der Waals surface area (Å²) < 4.78 is 164. The van der Waals surface area contributed by atoms with E-state index in [1.165, 1.54) is 13.0 Å². The third-order valence-corrected chi connectivity index (χ3v) is 10.0. The Morgan fingerprint density at radius 1 is 0.805 bits per heavy atom. The average Bonchev–Trinajstić information content (AvgIpc) is 3.12. The lowest BCUT2D eigenvalue weighted by molar-refractivity contribution is -0.337. The number of hydrogen-bond acceptors (Lipinski definition) is 2. The van der Waals surface area contributed by atoms with Gasteiger partial charge in [0.05, 0.1) is 0 Å². The van der Waals surface area contributed by atoms with Crippen LogP contribution in [-0.2, 0) is 9.59 Å². The van der Waals surface area contributed by atoms with Gasteiger partial charge in [-0.3, -0.25) is 9.59 Å². The molecule has 2 amide bonds. The maximum atomic E-state index is 13.6. The largest absolute Gasteiger partial charge is 0.417 e. The minimum absolute atomic E-state index is 0.0153. The summed E-state index contributed by atoms with van der Waals surface area (Å²) in [5.74, 6) is -5.64. The molecule has 41 heavy (non-hydrogen) atoms. The van der Waals surface area contributed by atoms with Crippen LogP contribution < -0.4 is 5.32 Å². The Morgan fingerprint density at radius 2 is 1.32 bits per heavy atom. The predicted molar refractivity (Wildman–Crippen MR) is 118 cm³/mol. The molecule has 0 aromatic rings. The molecule has 1 heterocycles. The second-order valence-corrected chi connectivity index (χ2v) is 12.1. The van der Waals surface area contributed by atoms with Crippen LogP contribution in [-0.4, -0.2) is 59.5 Å². The lowest BCUT2D eigenvalue weighted by Crippen LogP contribution is -2.68. The second kappa shape index (κ2) is 9.68. The highest BCUT2D eigenvalue weighted by atomic mass is 19.4. The molecule has 0 aromatic carbocycles. The smallest absolute Gasteiger partial charge is 0.349 e. The van der Waals surface area contributed by atoms with E-state index in [9.17, 15) is 62.3 Å². The topological polar surface area (TPSA) is 49.4 Å². The fourth-order valence-corrected chi connectivity index (χ4v) is 8.32. The number of hydrogen-bond donors (Lipinski definition) is 1. The zero-order valence-corrected chi connectivity index (χ0v) is 21.7. The number of halogens is 12. The van der Waals surface area contributed by atoms with Crippen molar-refractivity contribution in [3.8, 4) is 0 Å². The normalized spacial score (nSPS) is 36.1. The van der Waals surface area contributed by atoms with Crippen LogP contribution in [0.25, 0.3) is 0 Å². The van der Waals surface area contributed by atoms with Crippen molar-refractivity contribution < 1.29 is 62.3 Å². The predicted octanol–water partition coefficient (Wildman–Crippen LogP) is 6.71. The first-order valence-electron chi connectivity index (χ1n) is 13.0. The molecule has 2 unspecified atom stereocenters. The lowest BCUT2D eigenvalue weighted by atomic mass is 9.48. The van der Waals surface area contributed by atoms with Crippen molar-refractivity contribution in [1.82, 2.24) is 10.2 Å². The zero-order valence-electron chi connectivity index (χ0n) is 21.7. The molecule has 234 valence electrons. The summed E-state index contributed by atoms with van der Waals surface area (Å²) in [6.45, 7) is 3.25. The molecule has 7 atom stereocenters. The standard InChI is InChI=1S/C25H28F12N2O2/c1-20-9-7-13-11(3-6-15-21(13,2)10-8-16(40)38-15)12(20)4-5-14(20)17(41)39(18(22(26,27)28)23(29,30)31)19(24(32,33)34)25(35,36)37/h8,10-15,18-19H,3-7,9H2,1-2H3,(H,38,40)/t11-,12-,13+,14?,15?,20-,21+/m0/s1. The third kappa shape index (κ3) is 5.29. The molecule has 4 aliphatic rings. The van der Waals surface area contributed by atoms with Crippen LogP contribution in [0.3, 0.4) is 0 Å². The number of carbonyl (C=O) groups excluding carboxylic acids is 2. The Hall–Kier alpha value is -2.16. The highest BCUT2D eigenvalue weighted by Gasteiger charge is 2.72. The van der Waals surface area contributed by atoms with Crippen LogP contribution in [0.4, 0.5) is 52.7 Å². The number of carbonyl (C=O) groups is 2. The zero-order chi connectivity index (χ0) is 31.1. The Bertz CT molecular complexity index is 1020. The molecular weight excluding hydrogens is 588 g/mol. The van der Waals surface area contributed by atoms with Crippen molar-refractivity contribution in [2.75, 3.05) is 0 Å². The molecule has 1 aliphatic heterocycles. The first-order valence-corrected chi connectivity index (χ1v) is 13.0. The van der Waals surface area contributed by atoms with Crippen LogP contribution in [0.2, 0.25) is 0 Å². The van der Waals surface area contributed by atoms with E-state index < -0.39 is 76.7 Å². The van der Waals surface area contributed by atoms with Gasteiger partial charge in [0.1, 0.15) is 0 Å². The lowest BCUT2D eigenvalue weighted by Gasteiger charge is -2.59. The van der Waals surface area contributed by atoms with Crippen LogP contribution in [0.5, 0.6) is 0 Å². The Balaban J connectivity index is 1.76. The highest BCUT2D eigenvalue weighted by molar-refractivity contribution is 5.89. The molecule has 0 bridgehead atoms. The molecule has 4 nitrogen and oxygen atoms in total. The molecule has 1 N–H and O–H groups in total. The molecule has 0 saturated heterocycles. The van der Waals surface area contributed by atoms with Gasteiger partial charge in [-0.05, 0) is 67.8 Å². The highest BCUT2D eigenvalue weighted by Crippen LogP contribution is 2.65. The van der Waals surface area contributed by atoms with Gasteiger partial charge < -0.3 is 10.2 Å². The van der Waals surface area contributed by atoms with E-state index in [0.29, 0.717) is 12.8 Å². The van der Waals surface area contributed by atoms with Crippen molar-refractivity contribution in [2.45, 2.75) is 95.2 Å². The van der Waals surface area contributed by atoms with Gasteiger partial charge in [0.15, 0.2) is 0 Å². The van der Waals surface area contributed by atoms with Gasteiger partial charge >= 0.3 is 24.7 Å². The maximum Gasteiger partial charge on any atom is 0.417 e. The second-order valence-electron chi connectivity index (χ2n) is 12.1. The number of rotatable bonds is 3. The van der Waals surface area contributed by atoms with Crippen LogP contribution in [0.15, 0.2) is 12.2 Å². The van der Waals surface area contributed by atoms with E-state index in [4.69, 9.17) is 0 Å². The molecule has 4 rings (SSSR count). The summed E-state index contributed by atoms with van der Waals surface area (Å²) in [7, 11) is 0. The molecule has 3 saturated carbocycles. The van der Waals surface area contributed by atoms with E-state index in [-0.39, 0.29) is 43.0 Å². The van der Waals surface area contributed by atoms with Crippen molar-refractivity contribution in [1.29, 1.82) is 0 Å². The van der Waals surface area contributed by atoms with Gasteiger partial charge in [0.25, 0.3) is 0 Å². The summed E-state index contributed by atoms with van der Waals surface area (Å²) in [6.07, 6.45) is -22.9. The summed E-state index contributed by atoms with van der Waals surface area (Å²) in [5.41, 5.74) is -2.01. The third-order valence-electron chi connectivity index (χ3n) is 10.0. The quantitative estimate of drug-likeness (QED) is 0.359. The summed E-state index contributed by atoms with van der Waals surface area (Å²) in [6, 6.07) is -10.9. The van der Waals surface area contributed by atoms with Crippen LogP contribution in [0.1, 0.15) is 52.4 Å². The van der Waals surface area contributed by atoms with Crippen molar-refractivity contribution in [2.24, 2.45) is 34.5 Å². The molecule has 0 radical (unpaired) electrons.